The number of methoxy groups -OCH3 is 2. The lowest BCUT2D eigenvalue weighted by molar-refractivity contribution is -0.118. The third-order valence-corrected chi connectivity index (χ3v) is 4.69. The summed E-state index contributed by atoms with van der Waals surface area (Å²) in [5.74, 6) is 0.386. The van der Waals surface area contributed by atoms with Gasteiger partial charge in [0.05, 0.1) is 14.2 Å². The number of benzene rings is 3. The molecule has 3 rings (SSSR count). The Morgan fingerprint density at radius 1 is 0.833 bits per heavy atom. The van der Waals surface area contributed by atoms with Gasteiger partial charge in [0.1, 0.15) is 6.04 Å². The fourth-order valence-corrected chi connectivity index (χ4v) is 3.07. The van der Waals surface area contributed by atoms with Crippen molar-refractivity contribution in [1.82, 2.24) is 5.32 Å². The summed E-state index contributed by atoms with van der Waals surface area (Å²) in [6.07, 6.45) is 0. The molecule has 0 spiro atoms. The summed E-state index contributed by atoms with van der Waals surface area (Å²) in [7, 11) is 3.09. The van der Waals surface area contributed by atoms with E-state index in [0.29, 0.717) is 28.3 Å². The Kier molecular flexibility index (Phi) is 6.70. The highest BCUT2D eigenvalue weighted by Gasteiger charge is 2.24. The lowest BCUT2D eigenvalue weighted by atomic mass is 10.0. The van der Waals surface area contributed by atoms with Crippen molar-refractivity contribution >= 4 is 17.5 Å². The Bertz CT molecular complexity index is 1020. The lowest BCUT2D eigenvalue weighted by Crippen LogP contribution is -2.37. The molecule has 0 aliphatic heterocycles. The Morgan fingerprint density at radius 2 is 1.40 bits per heavy atom. The van der Waals surface area contributed by atoms with Crippen LogP contribution in [0.25, 0.3) is 0 Å². The number of hydrogen-bond acceptors (Lipinski definition) is 4. The normalized spacial score (nSPS) is 11.3. The summed E-state index contributed by atoms with van der Waals surface area (Å²) in [6.45, 7) is 1.86. The highest BCUT2D eigenvalue weighted by molar-refractivity contribution is 6.02. The van der Waals surface area contributed by atoms with E-state index in [2.05, 4.69) is 10.6 Å². The topological polar surface area (TPSA) is 76.7 Å². The second kappa shape index (κ2) is 9.60. The molecule has 0 fully saturated rings. The van der Waals surface area contributed by atoms with Gasteiger partial charge >= 0.3 is 0 Å². The average molecular weight is 404 g/mol. The fraction of sp³-hybridized carbons (Fsp3) is 0.167. The first-order valence-corrected chi connectivity index (χ1v) is 9.48. The molecule has 0 bridgehead atoms. The minimum absolute atomic E-state index is 0.330. The third kappa shape index (κ3) is 4.78. The van der Waals surface area contributed by atoms with E-state index in [1.807, 2.05) is 31.2 Å². The zero-order valence-corrected chi connectivity index (χ0v) is 17.1. The summed E-state index contributed by atoms with van der Waals surface area (Å²) in [6, 6.07) is 20.5. The molecule has 0 saturated heterocycles. The van der Waals surface area contributed by atoms with E-state index in [-0.39, 0.29) is 11.8 Å². The summed E-state index contributed by atoms with van der Waals surface area (Å²) >= 11 is 0. The van der Waals surface area contributed by atoms with E-state index in [4.69, 9.17) is 9.47 Å². The van der Waals surface area contributed by atoms with Crippen LogP contribution in [0.15, 0.2) is 72.8 Å². The number of nitrogens with one attached hydrogen (secondary N) is 2. The largest absolute Gasteiger partial charge is 0.493 e. The first kappa shape index (κ1) is 20.9. The van der Waals surface area contributed by atoms with Gasteiger partial charge in [0.15, 0.2) is 11.5 Å². The molecule has 2 amide bonds. The van der Waals surface area contributed by atoms with Gasteiger partial charge in [-0.25, -0.2) is 0 Å². The number of aryl methyl sites for hydroxylation is 1. The van der Waals surface area contributed by atoms with Crippen LogP contribution in [0.2, 0.25) is 0 Å². The van der Waals surface area contributed by atoms with Gasteiger partial charge in [-0.15, -0.1) is 0 Å². The Balaban J connectivity index is 1.89. The predicted octanol–water partition coefficient (Wildman–Crippen LogP) is 4.12. The quantitative estimate of drug-likeness (QED) is 0.621. The highest BCUT2D eigenvalue weighted by atomic mass is 16.5. The van der Waals surface area contributed by atoms with E-state index >= 15 is 0 Å². The zero-order valence-electron chi connectivity index (χ0n) is 17.1. The Morgan fingerprint density at radius 3 is 2.00 bits per heavy atom. The minimum atomic E-state index is -0.869. The van der Waals surface area contributed by atoms with Gasteiger partial charge in [-0.1, -0.05) is 48.5 Å². The standard InChI is InChI=1S/C24H24N2O4/c1-16-14-20(29-2)21(30-3)15-19(16)25-24(28)22(17-10-6-4-7-11-17)26-23(27)18-12-8-5-9-13-18/h4-15,22H,1-3H3,(H,25,28)(H,26,27). The van der Waals surface area contributed by atoms with Crippen molar-refractivity contribution < 1.29 is 19.1 Å². The van der Waals surface area contributed by atoms with Gasteiger partial charge in [-0.2, -0.15) is 0 Å². The smallest absolute Gasteiger partial charge is 0.252 e. The van der Waals surface area contributed by atoms with Crippen LogP contribution in [0.3, 0.4) is 0 Å². The second-order valence-corrected chi connectivity index (χ2v) is 6.69. The van der Waals surface area contributed by atoms with Crippen LogP contribution >= 0.6 is 0 Å². The van der Waals surface area contributed by atoms with Gasteiger partial charge in [-0.3, -0.25) is 9.59 Å². The number of carbonyl (C=O) groups excluding carboxylic acids is 2. The molecule has 0 heterocycles. The van der Waals surface area contributed by atoms with Crippen molar-refractivity contribution in [3.63, 3.8) is 0 Å². The number of carbonyl (C=O) groups is 2. The molecule has 1 unspecified atom stereocenters. The summed E-state index contributed by atoms with van der Waals surface area (Å²) in [5, 5.41) is 5.74. The maximum Gasteiger partial charge on any atom is 0.252 e. The number of amides is 2. The van der Waals surface area contributed by atoms with E-state index in [0.717, 1.165) is 5.56 Å². The number of hydrogen-bond donors (Lipinski definition) is 2. The predicted molar refractivity (Wildman–Crippen MR) is 116 cm³/mol. The molecule has 0 radical (unpaired) electrons. The second-order valence-electron chi connectivity index (χ2n) is 6.69. The van der Waals surface area contributed by atoms with Crippen LogP contribution in [0.1, 0.15) is 27.5 Å². The fourth-order valence-electron chi connectivity index (χ4n) is 3.07. The molecular formula is C24H24N2O4. The van der Waals surface area contributed by atoms with Crippen molar-refractivity contribution in [3.05, 3.63) is 89.5 Å². The van der Waals surface area contributed by atoms with Gasteiger partial charge in [0.2, 0.25) is 0 Å². The van der Waals surface area contributed by atoms with Gasteiger partial charge in [-0.05, 0) is 36.2 Å². The van der Waals surface area contributed by atoms with Crippen LogP contribution in [-0.2, 0) is 4.79 Å². The molecule has 30 heavy (non-hydrogen) atoms. The highest BCUT2D eigenvalue weighted by Crippen LogP contribution is 2.33. The summed E-state index contributed by atoms with van der Waals surface area (Å²) < 4.78 is 10.6. The van der Waals surface area contributed by atoms with E-state index in [1.165, 1.54) is 7.11 Å². The maximum atomic E-state index is 13.2. The number of ether oxygens (including phenoxy) is 2. The van der Waals surface area contributed by atoms with Crippen molar-refractivity contribution in [1.29, 1.82) is 0 Å². The van der Waals surface area contributed by atoms with E-state index in [9.17, 15) is 9.59 Å². The molecule has 0 saturated carbocycles. The Labute approximate surface area is 175 Å². The molecule has 3 aromatic rings. The lowest BCUT2D eigenvalue weighted by Gasteiger charge is -2.20. The van der Waals surface area contributed by atoms with Crippen molar-refractivity contribution in [2.45, 2.75) is 13.0 Å². The molecule has 0 aliphatic carbocycles. The molecule has 3 aromatic carbocycles. The molecule has 2 N–H and O–H groups in total. The molecule has 6 heteroatoms. The molecule has 0 aromatic heterocycles. The summed E-state index contributed by atoms with van der Waals surface area (Å²) in [5.41, 5.74) is 2.54. The molecule has 154 valence electrons. The van der Waals surface area contributed by atoms with E-state index < -0.39 is 6.04 Å². The van der Waals surface area contributed by atoms with Crippen LogP contribution in [0.5, 0.6) is 11.5 Å². The number of rotatable bonds is 7. The SMILES string of the molecule is COc1cc(C)c(NC(=O)C(NC(=O)c2ccccc2)c2ccccc2)cc1OC. The van der Waals surface area contributed by atoms with Gasteiger partial charge in [0, 0.05) is 17.3 Å². The van der Waals surface area contributed by atoms with Crippen molar-refractivity contribution in [2.75, 3.05) is 19.5 Å². The first-order valence-electron chi connectivity index (χ1n) is 9.48. The van der Waals surface area contributed by atoms with Crippen LogP contribution in [0, 0.1) is 6.92 Å². The average Bonchev–Trinajstić information content (AvgIpc) is 2.79. The zero-order chi connectivity index (χ0) is 21.5. The van der Waals surface area contributed by atoms with Crippen molar-refractivity contribution in [2.24, 2.45) is 0 Å². The van der Waals surface area contributed by atoms with E-state index in [1.54, 1.807) is 55.6 Å². The van der Waals surface area contributed by atoms with Gasteiger partial charge < -0.3 is 20.1 Å². The monoisotopic (exact) mass is 404 g/mol. The molecule has 0 aliphatic rings. The molecular weight excluding hydrogens is 380 g/mol. The Hall–Kier alpha value is -3.80. The molecule has 6 nitrogen and oxygen atoms in total. The van der Waals surface area contributed by atoms with Crippen molar-refractivity contribution in [3.8, 4) is 11.5 Å². The minimum Gasteiger partial charge on any atom is -0.493 e. The summed E-state index contributed by atoms with van der Waals surface area (Å²) in [4.78, 5) is 25.9. The first-order chi connectivity index (χ1) is 14.5. The van der Waals surface area contributed by atoms with Crippen LogP contribution in [0.4, 0.5) is 5.69 Å². The molecule has 1 atom stereocenters. The van der Waals surface area contributed by atoms with Crippen LogP contribution in [-0.4, -0.2) is 26.0 Å². The third-order valence-electron chi connectivity index (χ3n) is 4.69. The van der Waals surface area contributed by atoms with Crippen LogP contribution < -0.4 is 20.1 Å². The van der Waals surface area contributed by atoms with Gasteiger partial charge in [0.25, 0.3) is 11.8 Å². The maximum absolute atomic E-state index is 13.2. The number of anilines is 1.